The third kappa shape index (κ3) is 6.34. The molecule has 0 bridgehead atoms. The molecule has 2 aromatic heterocycles. The molecule has 0 aliphatic carbocycles. The van der Waals surface area contributed by atoms with Crippen LogP contribution in [0.25, 0.3) is 10.9 Å². The molecule has 3 rings (SSSR count). The molecule has 2 heterocycles. The number of carbonyl (C=O) groups excluding carboxylic acids is 2. The molecular formula is C25H31N5O5. The van der Waals surface area contributed by atoms with E-state index in [1.54, 1.807) is 71.1 Å². The van der Waals surface area contributed by atoms with Gasteiger partial charge in [-0.3, -0.25) is 10.3 Å². The standard InChI is InChI=1S/C25H31N5O5/c1-7-30(24(33)29(6)14-12-17-9-8-13-26-15-17)22-27-19-11-10-18(16(2)20(19)21(31)34-22)28-23(32)35-25(3,4)5/h8-11,13,15H,7,12,14H2,1-6H3,(H,28,32). The van der Waals surface area contributed by atoms with Crippen molar-refractivity contribution in [3.05, 3.63) is 58.2 Å². The predicted molar refractivity (Wildman–Crippen MR) is 134 cm³/mol. The van der Waals surface area contributed by atoms with Crippen LogP contribution in [0.1, 0.15) is 38.8 Å². The minimum atomic E-state index is -0.661. The van der Waals surface area contributed by atoms with E-state index in [0.29, 0.717) is 29.7 Å². The number of urea groups is 1. The summed E-state index contributed by atoms with van der Waals surface area (Å²) in [5, 5.41) is 2.87. The Morgan fingerprint density at radius 3 is 2.57 bits per heavy atom. The second-order valence-corrected chi connectivity index (χ2v) is 9.10. The van der Waals surface area contributed by atoms with Crippen molar-refractivity contribution in [3.63, 3.8) is 0 Å². The van der Waals surface area contributed by atoms with E-state index in [9.17, 15) is 14.4 Å². The first-order chi connectivity index (χ1) is 16.5. The number of aryl methyl sites for hydroxylation is 1. The number of benzene rings is 1. The van der Waals surface area contributed by atoms with Crippen molar-refractivity contribution in [3.8, 4) is 0 Å². The Balaban J connectivity index is 1.83. The lowest BCUT2D eigenvalue weighted by Gasteiger charge is -2.25. The summed E-state index contributed by atoms with van der Waals surface area (Å²) in [4.78, 5) is 49.5. The highest BCUT2D eigenvalue weighted by atomic mass is 16.6. The van der Waals surface area contributed by atoms with Gasteiger partial charge >= 0.3 is 23.8 Å². The van der Waals surface area contributed by atoms with Crippen LogP contribution in [0.15, 0.2) is 45.9 Å². The first kappa shape index (κ1) is 25.7. The topological polar surface area (TPSA) is 118 Å². The zero-order valence-electron chi connectivity index (χ0n) is 20.9. The molecule has 0 atom stereocenters. The van der Waals surface area contributed by atoms with Gasteiger partial charge in [-0.15, -0.1) is 0 Å². The van der Waals surface area contributed by atoms with Gasteiger partial charge in [0.1, 0.15) is 5.60 Å². The van der Waals surface area contributed by atoms with Crippen molar-refractivity contribution in [2.45, 2.75) is 46.6 Å². The van der Waals surface area contributed by atoms with Crippen molar-refractivity contribution < 1.29 is 18.7 Å². The van der Waals surface area contributed by atoms with Gasteiger partial charge in [-0.2, -0.15) is 4.98 Å². The number of carbonyl (C=O) groups is 2. The summed E-state index contributed by atoms with van der Waals surface area (Å²) >= 11 is 0. The lowest BCUT2D eigenvalue weighted by atomic mass is 10.1. The first-order valence-corrected chi connectivity index (χ1v) is 11.4. The molecule has 10 heteroatoms. The average molecular weight is 482 g/mol. The fourth-order valence-corrected chi connectivity index (χ4v) is 3.47. The zero-order chi connectivity index (χ0) is 25.8. The molecule has 0 fully saturated rings. The van der Waals surface area contributed by atoms with Crippen LogP contribution in [0.5, 0.6) is 0 Å². The van der Waals surface area contributed by atoms with E-state index in [1.165, 1.54) is 4.90 Å². The summed E-state index contributed by atoms with van der Waals surface area (Å²) in [7, 11) is 1.68. The number of amides is 3. The zero-order valence-corrected chi connectivity index (χ0v) is 20.9. The van der Waals surface area contributed by atoms with Crippen LogP contribution >= 0.6 is 0 Å². The van der Waals surface area contributed by atoms with Gasteiger partial charge < -0.3 is 14.1 Å². The lowest BCUT2D eigenvalue weighted by molar-refractivity contribution is 0.0635. The SMILES string of the molecule is CCN(C(=O)N(C)CCc1cccnc1)c1nc2ccc(NC(=O)OC(C)(C)C)c(C)c2c(=O)o1. The summed E-state index contributed by atoms with van der Waals surface area (Å²) in [6.07, 6.45) is 3.46. The summed E-state index contributed by atoms with van der Waals surface area (Å²) in [5.74, 6) is 0. The number of fused-ring (bicyclic) bond motifs is 1. The van der Waals surface area contributed by atoms with Crippen LogP contribution < -0.4 is 15.8 Å². The number of hydrogen-bond acceptors (Lipinski definition) is 7. The van der Waals surface area contributed by atoms with Crippen molar-refractivity contribution >= 4 is 34.7 Å². The largest absolute Gasteiger partial charge is 0.444 e. The Morgan fingerprint density at radius 1 is 1.20 bits per heavy atom. The van der Waals surface area contributed by atoms with E-state index in [0.717, 1.165) is 5.56 Å². The van der Waals surface area contributed by atoms with Crippen LogP contribution in [0.3, 0.4) is 0 Å². The monoisotopic (exact) mass is 481 g/mol. The normalized spacial score (nSPS) is 11.3. The number of nitrogens with zero attached hydrogens (tertiary/aromatic N) is 4. The number of aromatic nitrogens is 2. The van der Waals surface area contributed by atoms with E-state index in [-0.39, 0.29) is 24.0 Å². The van der Waals surface area contributed by atoms with Gasteiger partial charge in [0.05, 0.1) is 10.9 Å². The van der Waals surface area contributed by atoms with E-state index >= 15 is 0 Å². The molecule has 0 saturated heterocycles. The molecule has 10 nitrogen and oxygen atoms in total. The molecule has 1 aromatic carbocycles. The number of likely N-dealkylation sites (N-methyl/N-ethyl adjacent to an activating group) is 1. The summed E-state index contributed by atoms with van der Waals surface area (Å²) in [5.41, 5.74) is 0.950. The summed E-state index contributed by atoms with van der Waals surface area (Å²) < 4.78 is 10.7. The molecular weight excluding hydrogens is 450 g/mol. The highest BCUT2D eigenvalue weighted by molar-refractivity contribution is 5.94. The van der Waals surface area contributed by atoms with Crippen molar-refractivity contribution in [2.75, 3.05) is 30.4 Å². The smallest absolute Gasteiger partial charge is 0.412 e. The third-order valence-corrected chi connectivity index (χ3v) is 5.25. The third-order valence-electron chi connectivity index (χ3n) is 5.25. The quantitative estimate of drug-likeness (QED) is 0.556. The minimum Gasteiger partial charge on any atom is -0.444 e. The van der Waals surface area contributed by atoms with Gasteiger partial charge in [-0.05, 0) is 70.4 Å². The Kier molecular flexibility index (Phi) is 7.73. The van der Waals surface area contributed by atoms with Crippen LogP contribution in [-0.2, 0) is 11.2 Å². The molecule has 1 N–H and O–H groups in total. The molecule has 0 spiro atoms. The van der Waals surface area contributed by atoms with E-state index < -0.39 is 17.3 Å². The Morgan fingerprint density at radius 2 is 1.94 bits per heavy atom. The molecule has 35 heavy (non-hydrogen) atoms. The lowest BCUT2D eigenvalue weighted by Crippen LogP contribution is -2.42. The molecule has 186 valence electrons. The molecule has 0 radical (unpaired) electrons. The van der Waals surface area contributed by atoms with Crippen molar-refractivity contribution in [1.29, 1.82) is 0 Å². The maximum absolute atomic E-state index is 13.1. The summed E-state index contributed by atoms with van der Waals surface area (Å²) in [6, 6.07) is 6.60. The van der Waals surface area contributed by atoms with Crippen molar-refractivity contribution in [1.82, 2.24) is 14.9 Å². The number of rotatable bonds is 6. The summed E-state index contributed by atoms with van der Waals surface area (Å²) in [6.45, 7) is 9.46. The average Bonchev–Trinajstić information content (AvgIpc) is 2.79. The number of hydrogen-bond donors (Lipinski definition) is 1. The Bertz CT molecular complexity index is 1270. The second kappa shape index (κ2) is 10.5. The fraction of sp³-hybridized carbons (Fsp3) is 0.400. The van der Waals surface area contributed by atoms with Crippen LogP contribution in [-0.4, -0.2) is 52.7 Å². The van der Waals surface area contributed by atoms with Crippen molar-refractivity contribution in [2.24, 2.45) is 0 Å². The fourth-order valence-electron chi connectivity index (χ4n) is 3.47. The highest BCUT2D eigenvalue weighted by Gasteiger charge is 2.24. The Labute approximate surface area is 203 Å². The maximum atomic E-state index is 13.1. The van der Waals surface area contributed by atoms with Gasteiger partial charge in [0, 0.05) is 38.2 Å². The van der Waals surface area contributed by atoms with Gasteiger partial charge in [0.25, 0.3) is 0 Å². The minimum absolute atomic E-state index is 0.0875. The first-order valence-electron chi connectivity index (χ1n) is 11.4. The molecule has 0 aliphatic rings. The van der Waals surface area contributed by atoms with Crippen LogP contribution in [0.4, 0.5) is 21.3 Å². The van der Waals surface area contributed by atoms with Gasteiger partial charge in [0.2, 0.25) is 0 Å². The number of pyridine rings is 1. The maximum Gasteiger partial charge on any atom is 0.412 e. The Hall–Kier alpha value is -3.95. The number of nitrogens with one attached hydrogen (secondary N) is 1. The molecule has 0 saturated carbocycles. The van der Waals surface area contributed by atoms with Gasteiger partial charge in [-0.25, -0.2) is 19.3 Å². The van der Waals surface area contributed by atoms with Gasteiger partial charge in [-0.1, -0.05) is 6.07 Å². The molecule has 0 unspecified atom stereocenters. The number of ether oxygens (including phenoxy) is 1. The molecule has 0 aliphatic heterocycles. The van der Waals surface area contributed by atoms with E-state index in [4.69, 9.17) is 9.15 Å². The number of anilines is 2. The van der Waals surface area contributed by atoms with Gasteiger partial charge in [0.15, 0.2) is 0 Å². The second-order valence-electron chi connectivity index (χ2n) is 9.10. The van der Waals surface area contributed by atoms with Crippen LogP contribution in [0, 0.1) is 6.92 Å². The highest BCUT2D eigenvalue weighted by Crippen LogP contribution is 2.25. The molecule has 3 aromatic rings. The van der Waals surface area contributed by atoms with E-state index in [2.05, 4.69) is 15.3 Å². The van der Waals surface area contributed by atoms with Crippen LogP contribution in [0.2, 0.25) is 0 Å². The van der Waals surface area contributed by atoms with E-state index in [1.807, 2.05) is 12.1 Å². The molecule has 3 amide bonds. The predicted octanol–water partition coefficient (Wildman–Crippen LogP) is 4.36.